The van der Waals surface area contributed by atoms with Gasteiger partial charge in [0.1, 0.15) is 29.1 Å². The molecule has 0 aliphatic carbocycles. The lowest BCUT2D eigenvalue weighted by Gasteiger charge is -1.98. The van der Waals surface area contributed by atoms with Gasteiger partial charge >= 0.3 is 6.18 Å². The molecule has 0 aliphatic heterocycles. The molecule has 0 atom stereocenters. The summed E-state index contributed by atoms with van der Waals surface area (Å²) in [5.74, 6) is -1.77. The Hall–Kier alpha value is -4.63. The highest BCUT2D eigenvalue weighted by molar-refractivity contribution is 7.09. The molecule has 0 unspecified atom stereocenters. The van der Waals surface area contributed by atoms with Gasteiger partial charge in [-0.2, -0.15) is 13.2 Å². The van der Waals surface area contributed by atoms with Crippen LogP contribution in [-0.2, 0) is 6.18 Å². The van der Waals surface area contributed by atoms with Gasteiger partial charge in [0.05, 0.1) is 17.8 Å². The molecule has 0 fully saturated rings. The Morgan fingerprint density at radius 1 is 0.652 bits per heavy atom. The predicted molar refractivity (Wildman–Crippen MR) is 165 cm³/mol. The monoisotopic (exact) mass is 665 g/mol. The van der Waals surface area contributed by atoms with Crippen LogP contribution < -0.4 is 0 Å². The molecule has 0 bridgehead atoms. The van der Waals surface area contributed by atoms with Crippen molar-refractivity contribution in [2.45, 2.75) is 47.7 Å². The van der Waals surface area contributed by atoms with Crippen molar-refractivity contribution in [3.05, 3.63) is 157 Å². The van der Waals surface area contributed by atoms with E-state index < -0.39 is 23.5 Å². The molecule has 0 saturated carbocycles. The zero-order valence-corrected chi connectivity index (χ0v) is 26.6. The van der Waals surface area contributed by atoms with Crippen molar-refractivity contribution in [1.29, 1.82) is 0 Å². The summed E-state index contributed by atoms with van der Waals surface area (Å²) in [5.41, 5.74) is 3.47. The van der Waals surface area contributed by atoms with Gasteiger partial charge in [0.15, 0.2) is 11.4 Å². The van der Waals surface area contributed by atoms with Gasteiger partial charge in [-0.15, -0.1) is 11.3 Å². The van der Waals surface area contributed by atoms with Crippen LogP contribution >= 0.6 is 11.3 Å². The highest BCUT2D eigenvalue weighted by atomic mass is 32.1. The van der Waals surface area contributed by atoms with Crippen molar-refractivity contribution < 1.29 is 35.1 Å². The molecule has 3 aromatic carbocycles. The van der Waals surface area contributed by atoms with Crippen molar-refractivity contribution in [2.24, 2.45) is 0 Å². The first-order valence-corrected chi connectivity index (χ1v) is 14.2. The standard InChI is InChI=1S/C8H6FN.C7H6F2.C7H8FN.C7H7F.C5H4F3NS/c1-6-3-4-7(10-2)5-8(6)9;1-5-2-3-6(8)4-7(5)9;1-5-3-7(8)4-9-6(5)2;1-6-2-4-7(8)5-3-6;1-3-9-4(2-10-3)5(6,7)8/h3-5H,1H3;2-4H,1H3;3-4H,1-2H3;2-5H,1H3;2H,1H3. The molecule has 2 heterocycles. The Morgan fingerprint density at radius 3 is 1.57 bits per heavy atom. The van der Waals surface area contributed by atoms with Gasteiger partial charge in [-0.25, -0.2) is 31.8 Å². The maximum absolute atomic E-state index is 12.6. The number of pyridine rings is 1. The summed E-state index contributed by atoms with van der Waals surface area (Å²) in [6.45, 7) is 17.0. The van der Waals surface area contributed by atoms with E-state index in [-0.39, 0.29) is 17.5 Å². The number of hydrogen-bond donors (Lipinski definition) is 0. The van der Waals surface area contributed by atoms with E-state index in [2.05, 4.69) is 14.8 Å². The number of hydrogen-bond acceptors (Lipinski definition) is 3. The van der Waals surface area contributed by atoms with Gasteiger partial charge in [0.2, 0.25) is 0 Å². The van der Waals surface area contributed by atoms with Crippen molar-refractivity contribution in [1.82, 2.24) is 9.97 Å². The molecule has 2 aromatic heterocycles. The Labute approximate surface area is 267 Å². The maximum atomic E-state index is 12.6. The molecule has 12 heteroatoms. The molecule has 46 heavy (non-hydrogen) atoms. The normalized spacial score (nSPS) is 9.93. The van der Waals surface area contributed by atoms with Crippen molar-refractivity contribution >= 4 is 17.0 Å². The first kappa shape index (κ1) is 39.4. The van der Waals surface area contributed by atoms with Crippen LogP contribution in [0.3, 0.4) is 0 Å². The van der Waals surface area contributed by atoms with Crippen molar-refractivity contribution in [3.8, 4) is 0 Å². The smallest absolute Gasteiger partial charge is 0.258 e. The number of halogens is 8. The Kier molecular flexibility index (Phi) is 16.3. The largest absolute Gasteiger partial charge is 0.434 e. The Bertz CT molecular complexity index is 1640. The number of nitrogens with zero attached hydrogens (tertiary/aromatic N) is 3. The summed E-state index contributed by atoms with van der Waals surface area (Å²) in [7, 11) is 0. The quantitative estimate of drug-likeness (QED) is 0.122. The number of benzene rings is 3. The summed E-state index contributed by atoms with van der Waals surface area (Å²) < 4.78 is 96.7. The molecule has 0 radical (unpaired) electrons. The second-order valence-electron chi connectivity index (χ2n) is 9.54. The van der Waals surface area contributed by atoms with Crippen molar-refractivity contribution in [2.75, 3.05) is 0 Å². The number of alkyl halides is 3. The van der Waals surface area contributed by atoms with E-state index in [0.29, 0.717) is 21.8 Å². The summed E-state index contributed by atoms with van der Waals surface area (Å²) in [4.78, 5) is 10.2. The SMILES string of the molecule is Cc1cc(F)cnc1C.Cc1ccc(F)cc1.Cc1ccc(F)cc1F.Cc1nc(C(F)(F)F)cs1.[C-]#[N+]c1ccc(C)c(F)c1. The molecular formula is C34H31F8N3S. The van der Waals surface area contributed by atoms with Crippen LogP contribution in [0.2, 0.25) is 0 Å². The molecule has 0 aliphatic rings. The number of rotatable bonds is 0. The second-order valence-corrected chi connectivity index (χ2v) is 10.6. The van der Waals surface area contributed by atoms with E-state index in [9.17, 15) is 35.1 Å². The minimum atomic E-state index is -4.29. The van der Waals surface area contributed by atoms with Gasteiger partial charge in [-0.1, -0.05) is 35.9 Å². The zero-order valence-electron chi connectivity index (χ0n) is 25.8. The summed E-state index contributed by atoms with van der Waals surface area (Å²) in [6.07, 6.45) is -3.06. The fraction of sp³-hybridized carbons (Fsp3) is 0.206. The van der Waals surface area contributed by atoms with E-state index in [1.54, 1.807) is 45.0 Å². The number of thiazole rings is 1. The lowest BCUT2D eigenvalue weighted by Crippen LogP contribution is -2.04. The molecule has 0 amide bonds. The Morgan fingerprint density at radius 2 is 1.20 bits per heavy atom. The van der Waals surface area contributed by atoms with Crippen LogP contribution in [0.4, 0.5) is 40.8 Å². The van der Waals surface area contributed by atoms with Crippen LogP contribution in [-0.4, -0.2) is 9.97 Å². The highest BCUT2D eigenvalue weighted by Crippen LogP contribution is 2.29. The van der Waals surface area contributed by atoms with E-state index in [1.807, 2.05) is 20.8 Å². The van der Waals surface area contributed by atoms with Gasteiger partial charge in [0, 0.05) is 17.1 Å². The highest BCUT2D eigenvalue weighted by Gasteiger charge is 2.33. The fourth-order valence-corrected chi connectivity index (χ4v) is 3.47. The molecule has 244 valence electrons. The van der Waals surface area contributed by atoms with Crippen LogP contribution in [0, 0.1) is 77.2 Å². The lowest BCUT2D eigenvalue weighted by atomic mass is 10.2. The fourth-order valence-electron chi connectivity index (χ4n) is 2.85. The summed E-state index contributed by atoms with van der Waals surface area (Å²) in [5, 5.41) is 1.45. The van der Waals surface area contributed by atoms with Crippen LogP contribution in [0.15, 0.2) is 78.3 Å². The van der Waals surface area contributed by atoms with Gasteiger partial charge < -0.3 is 0 Å². The molecule has 0 saturated heterocycles. The predicted octanol–water partition coefficient (Wildman–Crippen LogP) is 11.4. The Balaban J connectivity index is 0.000000288. The third-order valence-corrected chi connectivity index (χ3v) is 6.42. The van der Waals surface area contributed by atoms with Gasteiger partial charge in [0.25, 0.3) is 0 Å². The third kappa shape index (κ3) is 15.4. The van der Waals surface area contributed by atoms with Crippen LogP contribution in [0.5, 0.6) is 0 Å². The molecule has 5 aromatic rings. The summed E-state index contributed by atoms with van der Waals surface area (Å²) >= 11 is 1.00. The molecule has 0 N–H and O–H groups in total. The third-order valence-electron chi connectivity index (χ3n) is 5.65. The summed E-state index contributed by atoms with van der Waals surface area (Å²) in [6, 6.07) is 15.8. The molecule has 5 rings (SSSR count). The maximum Gasteiger partial charge on any atom is 0.434 e. The van der Waals surface area contributed by atoms with Gasteiger partial charge in [-0.3, -0.25) is 4.98 Å². The average molecular weight is 666 g/mol. The van der Waals surface area contributed by atoms with E-state index in [1.165, 1.54) is 42.6 Å². The molecule has 0 spiro atoms. The van der Waals surface area contributed by atoms with E-state index in [4.69, 9.17) is 6.57 Å². The second kappa shape index (κ2) is 19.0. The first-order chi connectivity index (χ1) is 21.4. The minimum Gasteiger partial charge on any atom is -0.258 e. The molecular weight excluding hydrogens is 634 g/mol. The van der Waals surface area contributed by atoms with Crippen LogP contribution in [0.25, 0.3) is 4.85 Å². The van der Waals surface area contributed by atoms with Gasteiger partial charge in [-0.05, 0) is 88.6 Å². The minimum absolute atomic E-state index is 0.171. The van der Waals surface area contributed by atoms with Crippen molar-refractivity contribution in [3.63, 3.8) is 0 Å². The number of aromatic nitrogens is 2. The van der Waals surface area contributed by atoms with E-state index in [0.717, 1.165) is 39.6 Å². The molecule has 3 nitrogen and oxygen atoms in total. The zero-order chi connectivity index (χ0) is 35.0. The first-order valence-electron chi connectivity index (χ1n) is 13.3. The lowest BCUT2D eigenvalue weighted by molar-refractivity contribution is -0.140. The average Bonchev–Trinajstić information content (AvgIpc) is 3.45. The van der Waals surface area contributed by atoms with E-state index >= 15 is 0 Å². The van der Waals surface area contributed by atoms with Crippen LogP contribution in [0.1, 0.15) is 38.6 Å². The number of aryl methyl sites for hydroxylation is 6. The topological polar surface area (TPSA) is 30.1 Å².